The van der Waals surface area contributed by atoms with Crippen molar-refractivity contribution in [1.29, 1.82) is 0 Å². The van der Waals surface area contributed by atoms with Crippen molar-refractivity contribution in [2.45, 2.75) is 135 Å². The van der Waals surface area contributed by atoms with Gasteiger partial charge in [0.1, 0.15) is 24.6 Å². The quantitative estimate of drug-likeness (QED) is 0.142. The number of hydrogen-bond acceptors (Lipinski definition) is 2. The highest BCUT2D eigenvalue weighted by Gasteiger charge is 2.46. The van der Waals surface area contributed by atoms with E-state index >= 15 is 0 Å². The molecule has 0 bridgehead atoms. The molecule has 4 aromatic rings. The summed E-state index contributed by atoms with van der Waals surface area (Å²) in [6, 6.07) is 6.02. The molecule has 1 atom stereocenters. The third-order valence-corrected chi connectivity index (χ3v) is 13.2. The van der Waals surface area contributed by atoms with Crippen LogP contribution >= 0.6 is 0 Å². The van der Waals surface area contributed by atoms with Crippen LogP contribution in [-0.4, -0.2) is 31.8 Å². The zero-order valence-corrected chi connectivity index (χ0v) is 37.5. The van der Waals surface area contributed by atoms with Crippen molar-refractivity contribution in [2.24, 2.45) is 5.92 Å². The summed E-state index contributed by atoms with van der Waals surface area (Å²) < 4.78 is 188. The van der Waals surface area contributed by atoms with Gasteiger partial charge in [-0.3, -0.25) is 0 Å². The number of quaternary nitrogens is 1. The van der Waals surface area contributed by atoms with E-state index in [4.69, 9.17) is 9.47 Å². The van der Waals surface area contributed by atoms with Crippen LogP contribution in [0.3, 0.4) is 0 Å². The van der Waals surface area contributed by atoms with Crippen molar-refractivity contribution in [3.05, 3.63) is 93.0 Å². The Balaban J connectivity index is 1.92. The van der Waals surface area contributed by atoms with Gasteiger partial charge in [0.15, 0.2) is 0 Å². The minimum Gasteiger partial charge on any atom is -0.496 e. The number of hydrogen-bond donors (Lipinski definition) is 0. The summed E-state index contributed by atoms with van der Waals surface area (Å²) in [4.78, 5) is 0. The lowest BCUT2D eigenvalue weighted by Gasteiger charge is -2.45. The molecule has 0 saturated heterocycles. The van der Waals surface area contributed by atoms with E-state index < -0.39 is 68.9 Å². The Morgan fingerprint density at radius 1 is 0.500 bits per heavy atom. The van der Waals surface area contributed by atoms with Crippen molar-refractivity contribution >= 4 is 0 Å². The van der Waals surface area contributed by atoms with Gasteiger partial charge in [0.2, 0.25) is 0 Å². The highest BCUT2D eigenvalue weighted by Crippen LogP contribution is 2.56. The molecule has 0 unspecified atom stereocenters. The second-order valence-corrected chi connectivity index (χ2v) is 19.7. The first-order valence-electron chi connectivity index (χ1n) is 21.1. The van der Waals surface area contributed by atoms with Gasteiger partial charge in [0, 0.05) is 39.3 Å². The molecule has 6 rings (SSSR count). The lowest BCUT2D eigenvalue weighted by Crippen LogP contribution is -2.52. The lowest BCUT2D eigenvalue weighted by atomic mass is 9.76. The van der Waals surface area contributed by atoms with E-state index in [2.05, 4.69) is 0 Å². The highest BCUT2D eigenvalue weighted by molar-refractivity contribution is 5.91. The Morgan fingerprint density at radius 2 is 0.812 bits per heavy atom. The van der Waals surface area contributed by atoms with Crippen LogP contribution < -0.4 is 9.47 Å². The molecule has 1 aliphatic carbocycles. The average Bonchev–Trinajstić information content (AvgIpc) is 3.30. The molecule has 4 aromatic carbocycles. The number of fused-ring (bicyclic) bond motifs is 3. The SMILES string of the molecule is COc1c(C(C)(C)C)cc2c(c1-c1cc(C(F)(F)F)cc(C(F)(F)F)c1)C[N+](C)([C@H](C)C1CCCCC1)Cc1c-2cc(C(C)(C)C)c(OC)c1-c1cc(C(F)(F)F)cc(C(F)(F)F)c1. The predicted octanol–water partition coefficient (Wildman–Crippen LogP) is 15.8. The fourth-order valence-corrected chi connectivity index (χ4v) is 9.76. The summed E-state index contributed by atoms with van der Waals surface area (Å²) in [5.41, 5.74) is -6.69. The lowest BCUT2D eigenvalue weighted by molar-refractivity contribution is -0.960. The molecule has 1 heterocycles. The van der Waals surface area contributed by atoms with E-state index in [0.29, 0.717) is 57.6 Å². The fraction of sp³-hybridized carbons (Fsp3) is 0.510. The van der Waals surface area contributed by atoms with Gasteiger partial charge >= 0.3 is 24.7 Å². The number of rotatable bonds is 6. The van der Waals surface area contributed by atoms with Crippen molar-refractivity contribution in [3.8, 4) is 44.9 Å². The summed E-state index contributed by atoms with van der Waals surface area (Å²) in [6.45, 7) is 12.7. The minimum absolute atomic E-state index is 0.0155. The Kier molecular flexibility index (Phi) is 12.6. The Morgan fingerprint density at radius 3 is 1.08 bits per heavy atom. The molecular formula is C49H54F12NO2+. The van der Waals surface area contributed by atoms with Crippen LogP contribution in [0.25, 0.3) is 33.4 Å². The van der Waals surface area contributed by atoms with E-state index in [0.717, 1.165) is 32.1 Å². The number of halogens is 12. The van der Waals surface area contributed by atoms with Gasteiger partial charge in [-0.05, 0) is 101 Å². The summed E-state index contributed by atoms with van der Waals surface area (Å²) in [5, 5.41) is 0. The maximum Gasteiger partial charge on any atom is 0.416 e. The highest BCUT2D eigenvalue weighted by atomic mass is 19.4. The van der Waals surface area contributed by atoms with Crippen LogP contribution in [0.4, 0.5) is 52.7 Å². The summed E-state index contributed by atoms with van der Waals surface area (Å²) >= 11 is 0. The average molecular weight is 917 g/mol. The van der Waals surface area contributed by atoms with Gasteiger partial charge in [-0.1, -0.05) is 60.8 Å². The number of methoxy groups -OCH3 is 2. The number of benzene rings is 4. The number of nitrogens with zero attached hydrogens (tertiary/aromatic N) is 1. The van der Waals surface area contributed by atoms with Crippen LogP contribution in [0.5, 0.6) is 11.5 Å². The van der Waals surface area contributed by atoms with Gasteiger partial charge in [-0.2, -0.15) is 52.7 Å². The van der Waals surface area contributed by atoms with E-state index in [9.17, 15) is 52.7 Å². The molecule has 350 valence electrons. The second-order valence-electron chi connectivity index (χ2n) is 19.7. The van der Waals surface area contributed by atoms with Crippen LogP contribution in [0.2, 0.25) is 0 Å². The van der Waals surface area contributed by atoms with Gasteiger partial charge in [-0.15, -0.1) is 0 Å². The molecule has 3 nitrogen and oxygen atoms in total. The zero-order chi connectivity index (χ0) is 47.9. The van der Waals surface area contributed by atoms with Crippen molar-refractivity contribution in [3.63, 3.8) is 0 Å². The van der Waals surface area contributed by atoms with E-state index in [-0.39, 0.29) is 64.3 Å². The zero-order valence-electron chi connectivity index (χ0n) is 37.5. The van der Waals surface area contributed by atoms with Crippen LogP contribution in [0, 0.1) is 5.92 Å². The van der Waals surface area contributed by atoms with E-state index in [1.165, 1.54) is 14.2 Å². The first-order chi connectivity index (χ1) is 29.2. The van der Waals surface area contributed by atoms with Crippen molar-refractivity contribution in [2.75, 3.05) is 21.3 Å². The number of alkyl halides is 12. The standard InChI is InChI=1S/C49H54F12NO2/c1-26(27-14-12-11-13-15-27)62(8)24-36-34(22-38(44(2,3)4)42(63-9)40(36)28-16-30(46(50,51)52)20-31(17-28)47(53,54)55)35-23-39(45(5,6)7)43(64-10)41(37(35)25-62)29-18-32(48(56,57)58)21-33(19-29)49(59,60)61/h16-23,26-27H,11-15,24-25H2,1-10H3/q+1/t26-/m1/s1. The van der Waals surface area contributed by atoms with E-state index in [1.807, 2.05) is 14.0 Å². The van der Waals surface area contributed by atoms with Gasteiger partial charge in [-0.25, -0.2) is 0 Å². The van der Waals surface area contributed by atoms with Gasteiger partial charge < -0.3 is 14.0 Å². The molecule has 0 aromatic heterocycles. The molecule has 1 fully saturated rings. The summed E-state index contributed by atoms with van der Waals surface area (Å²) in [7, 11) is 4.45. The maximum absolute atomic E-state index is 14.6. The number of ether oxygens (including phenoxy) is 2. The Bertz CT molecular complexity index is 2190. The van der Waals surface area contributed by atoms with Crippen molar-refractivity contribution in [1.82, 2.24) is 0 Å². The molecule has 2 aliphatic rings. The molecular weight excluding hydrogens is 863 g/mol. The Hall–Kier alpha value is -4.40. The maximum atomic E-state index is 14.6. The molecule has 64 heavy (non-hydrogen) atoms. The van der Waals surface area contributed by atoms with Gasteiger partial charge in [0.05, 0.1) is 49.6 Å². The summed E-state index contributed by atoms with van der Waals surface area (Å²) in [5.74, 6) is 0.144. The molecule has 15 heteroatoms. The fourth-order valence-electron chi connectivity index (χ4n) is 9.76. The van der Waals surface area contributed by atoms with Crippen LogP contribution in [0.1, 0.15) is 125 Å². The van der Waals surface area contributed by atoms with Crippen LogP contribution in [-0.2, 0) is 48.6 Å². The third-order valence-electron chi connectivity index (χ3n) is 13.2. The minimum atomic E-state index is -5.19. The first-order valence-corrected chi connectivity index (χ1v) is 21.1. The van der Waals surface area contributed by atoms with Crippen LogP contribution in [0.15, 0.2) is 48.5 Å². The first kappa shape index (κ1) is 49.0. The van der Waals surface area contributed by atoms with E-state index in [1.54, 1.807) is 53.7 Å². The van der Waals surface area contributed by atoms with Gasteiger partial charge in [0.25, 0.3) is 0 Å². The monoisotopic (exact) mass is 916 g/mol. The largest absolute Gasteiger partial charge is 0.496 e. The second kappa shape index (κ2) is 16.5. The Labute approximate surface area is 366 Å². The third kappa shape index (κ3) is 9.47. The molecule has 0 spiro atoms. The molecule has 0 radical (unpaired) electrons. The molecule has 1 aliphatic heterocycles. The molecule has 0 amide bonds. The predicted molar refractivity (Wildman–Crippen MR) is 223 cm³/mol. The van der Waals surface area contributed by atoms with Crippen molar-refractivity contribution < 1.29 is 66.6 Å². The summed E-state index contributed by atoms with van der Waals surface area (Å²) in [6.07, 6.45) is -16.4. The molecule has 0 N–H and O–H groups in total. The molecule has 1 saturated carbocycles. The topological polar surface area (TPSA) is 18.5 Å². The smallest absolute Gasteiger partial charge is 0.416 e. The normalized spacial score (nSPS) is 17.1.